The molecule has 1 aromatic carbocycles. The van der Waals surface area contributed by atoms with Crippen LogP contribution in [0.15, 0.2) is 53.0 Å². The molecule has 5 nitrogen and oxygen atoms in total. The van der Waals surface area contributed by atoms with Crippen LogP contribution in [0.2, 0.25) is 0 Å². The van der Waals surface area contributed by atoms with E-state index in [9.17, 15) is 9.59 Å². The number of hydrogen-bond acceptors (Lipinski definition) is 4. The summed E-state index contributed by atoms with van der Waals surface area (Å²) in [7, 11) is 0. The highest BCUT2D eigenvalue weighted by Crippen LogP contribution is 2.31. The highest BCUT2D eigenvalue weighted by molar-refractivity contribution is 6.07. The van der Waals surface area contributed by atoms with Crippen LogP contribution < -0.4 is 0 Å². The Morgan fingerprint density at radius 3 is 2.41 bits per heavy atom. The van der Waals surface area contributed by atoms with E-state index in [4.69, 9.17) is 4.42 Å². The van der Waals surface area contributed by atoms with Crippen molar-refractivity contribution in [2.24, 2.45) is 11.8 Å². The van der Waals surface area contributed by atoms with E-state index >= 15 is 0 Å². The third-order valence-corrected chi connectivity index (χ3v) is 4.12. The summed E-state index contributed by atoms with van der Waals surface area (Å²) >= 11 is 0. The number of imide groups is 1. The molecule has 2 unspecified atom stereocenters. The molecule has 0 N–H and O–H groups in total. The van der Waals surface area contributed by atoms with E-state index in [0.29, 0.717) is 18.9 Å². The van der Waals surface area contributed by atoms with Crippen molar-refractivity contribution in [3.8, 4) is 0 Å². The summed E-state index contributed by atoms with van der Waals surface area (Å²) in [5, 5.41) is 0. The number of likely N-dealkylation sites (tertiary alicyclic amines) is 1. The predicted octanol–water partition coefficient (Wildman–Crippen LogP) is 2.10. The van der Waals surface area contributed by atoms with Gasteiger partial charge in [-0.25, -0.2) is 4.98 Å². The van der Waals surface area contributed by atoms with E-state index in [0.717, 1.165) is 11.1 Å². The first-order chi connectivity index (χ1) is 10.7. The van der Waals surface area contributed by atoms with Crippen molar-refractivity contribution in [2.45, 2.75) is 6.42 Å². The van der Waals surface area contributed by atoms with Gasteiger partial charge in [-0.05, 0) is 12.1 Å². The molecule has 1 fully saturated rings. The summed E-state index contributed by atoms with van der Waals surface area (Å²) in [4.78, 5) is 30.3. The number of aromatic nitrogens is 1. The fraction of sp³-hybridized carbons (Fsp3) is 0.235. The summed E-state index contributed by atoms with van der Waals surface area (Å²) in [6.45, 7) is 0.305. The van der Waals surface area contributed by atoms with Crippen molar-refractivity contribution in [3.63, 3.8) is 0 Å². The van der Waals surface area contributed by atoms with Crippen LogP contribution in [-0.4, -0.2) is 28.2 Å². The van der Waals surface area contributed by atoms with Gasteiger partial charge < -0.3 is 4.42 Å². The Bertz CT molecular complexity index is 755. The lowest BCUT2D eigenvalue weighted by atomic mass is 9.91. The molecule has 22 heavy (non-hydrogen) atoms. The topological polar surface area (TPSA) is 63.4 Å². The number of hydrogen-bond donors (Lipinski definition) is 0. The minimum Gasteiger partial charge on any atom is -0.441 e. The monoisotopic (exact) mass is 294 g/mol. The SMILES string of the molecule is O=C1C2C=CC=CC2C(=O)N1CCc1nc2ccccc2o1. The molecule has 1 aromatic heterocycles. The normalized spacial score (nSPS) is 23.5. The van der Waals surface area contributed by atoms with Crippen LogP contribution in [0.1, 0.15) is 5.89 Å². The smallest absolute Gasteiger partial charge is 0.237 e. The molecule has 4 rings (SSSR count). The van der Waals surface area contributed by atoms with Crippen LogP contribution >= 0.6 is 0 Å². The van der Waals surface area contributed by atoms with E-state index in [2.05, 4.69) is 4.98 Å². The predicted molar refractivity (Wildman–Crippen MR) is 79.7 cm³/mol. The number of oxazole rings is 1. The van der Waals surface area contributed by atoms with E-state index in [1.807, 2.05) is 36.4 Å². The molecule has 110 valence electrons. The fourth-order valence-electron chi connectivity index (χ4n) is 3.00. The third-order valence-electron chi connectivity index (χ3n) is 4.12. The van der Waals surface area contributed by atoms with Gasteiger partial charge in [0, 0.05) is 13.0 Å². The zero-order chi connectivity index (χ0) is 15.1. The Morgan fingerprint density at radius 2 is 1.73 bits per heavy atom. The number of rotatable bonds is 3. The lowest BCUT2D eigenvalue weighted by molar-refractivity contribution is -0.139. The van der Waals surface area contributed by atoms with Crippen LogP contribution in [0, 0.1) is 11.8 Å². The zero-order valence-corrected chi connectivity index (χ0v) is 11.8. The summed E-state index contributed by atoms with van der Waals surface area (Å²) in [6.07, 6.45) is 7.65. The second kappa shape index (κ2) is 4.94. The standard InChI is InChI=1S/C17H14N2O3/c20-16-11-5-1-2-6-12(11)17(21)19(16)10-9-15-18-13-7-3-4-8-14(13)22-15/h1-8,11-12H,9-10H2. The maximum atomic E-state index is 12.3. The van der Waals surface area contributed by atoms with Crippen LogP contribution in [0.4, 0.5) is 0 Å². The number of nitrogens with zero attached hydrogens (tertiary/aromatic N) is 2. The van der Waals surface area contributed by atoms with Crippen molar-refractivity contribution < 1.29 is 14.0 Å². The number of carbonyl (C=O) groups excluding carboxylic acids is 2. The first-order valence-corrected chi connectivity index (χ1v) is 7.29. The van der Waals surface area contributed by atoms with Gasteiger partial charge in [-0.15, -0.1) is 0 Å². The Morgan fingerprint density at radius 1 is 1.05 bits per heavy atom. The number of allylic oxidation sites excluding steroid dienone is 2. The van der Waals surface area contributed by atoms with Gasteiger partial charge in [-0.2, -0.15) is 0 Å². The van der Waals surface area contributed by atoms with Crippen molar-refractivity contribution in [1.82, 2.24) is 9.88 Å². The van der Waals surface area contributed by atoms with E-state index in [1.54, 1.807) is 12.2 Å². The Labute approximate surface area is 126 Å². The number of para-hydroxylation sites is 2. The van der Waals surface area contributed by atoms with Crippen LogP contribution in [-0.2, 0) is 16.0 Å². The van der Waals surface area contributed by atoms with Crippen molar-refractivity contribution in [3.05, 3.63) is 54.5 Å². The summed E-state index contributed by atoms with van der Waals surface area (Å²) < 4.78 is 5.63. The zero-order valence-electron chi connectivity index (χ0n) is 11.8. The average molecular weight is 294 g/mol. The molecule has 0 radical (unpaired) electrons. The quantitative estimate of drug-likeness (QED) is 0.813. The molecule has 0 saturated carbocycles. The lowest BCUT2D eigenvalue weighted by Crippen LogP contribution is -2.32. The summed E-state index contributed by atoms with van der Waals surface area (Å²) in [5.74, 6) is -0.413. The molecule has 2 amide bonds. The van der Waals surface area contributed by atoms with Gasteiger partial charge in [0.2, 0.25) is 11.8 Å². The van der Waals surface area contributed by atoms with Gasteiger partial charge in [0.25, 0.3) is 0 Å². The molecule has 2 aliphatic rings. The highest BCUT2D eigenvalue weighted by atomic mass is 16.3. The second-order valence-electron chi connectivity index (χ2n) is 5.47. The molecule has 1 saturated heterocycles. The van der Waals surface area contributed by atoms with E-state index in [-0.39, 0.29) is 23.7 Å². The van der Waals surface area contributed by atoms with Gasteiger partial charge in [-0.1, -0.05) is 36.4 Å². The first kappa shape index (κ1) is 13.0. The molecular weight excluding hydrogens is 280 g/mol. The number of fused-ring (bicyclic) bond motifs is 2. The van der Waals surface area contributed by atoms with E-state index < -0.39 is 0 Å². The number of benzene rings is 1. The Balaban J connectivity index is 1.51. The van der Waals surface area contributed by atoms with Crippen molar-refractivity contribution in [2.75, 3.05) is 6.54 Å². The minimum atomic E-state index is -0.346. The number of amides is 2. The maximum absolute atomic E-state index is 12.3. The molecule has 0 bridgehead atoms. The van der Waals surface area contributed by atoms with E-state index in [1.165, 1.54) is 4.90 Å². The van der Waals surface area contributed by atoms with Crippen LogP contribution in [0.25, 0.3) is 11.1 Å². The molecule has 2 atom stereocenters. The largest absolute Gasteiger partial charge is 0.441 e. The summed E-state index contributed by atoms with van der Waals surface area (Å²) in [5.41, 5.74) is 1.51. The van der Waals surface area contributed by atoms with Gasteiger partial charge in [0.05, 0.1) is 11.8 Å². The molecule has 1 aliphatic carbocycles. The third kappa shape index (κ3) is 1.97. The summed E-state index contributed by atoms with van der Waals surface area (Å²) in [6, 6.07) is 7.50. The fourth-order valence-corrected chi connectivity index (χ4v) is 3.00. The van der Waals surface area contributed by atoms with Gasteiger partial charge in [-0.3, -0.25) is 14.5 Å². The Kier molecular flexibility index (Phi) is 2.92. The van der Waals surface area contributed by atoms with Gasteiger partial charge in [0.1, 0.15) is 5.52 Å². The first-order valence-electron chi connectivity index (χ1n) is 7.29. The molecular formula is C17H14N2O3. The Hall–Kier alpha value is -2.69. The van der Waals surface area contributed by atoms with Gasteiger partial charge >= 0.3 is 0 Å². The maximum Gasteiger partial charge on any atom is 0.237 e. The average Bonchev–Trinajstić information content (AvgIpc) is 3.06. The van der Waals surface area contributed by atoms with Crippen molar-refractivity contribution >= 4 is 22.9 Å². The number of carbonyl (C=O) groups is 2. The van der Waals surface area contributed by atoms with Crippen LogP contribution in [0.5, 0.6) is 0 Å². The second-order valence-corrected chi connectivity index (χ2v) is 5.47. The van der Waals surface area contributed by atoms with Crippen molar-refractivity contribution in [1.29, 1.82) is 0 Å². The molecule has 0 spiro atoms. The van der Waals surface area contributed by atoms with Gasteiger partial charge in [0.15, 0.2) is 11.5 Å². The molecule has 2 aromatic rings. The highest BCUT2D eigenvalue weighted by Gasteiger charge is 2.45. The lowest BCUT2D eigenvalue weighted by Gasteiger charge is -2.12. The molecule has 2 heterocycles. The minimum absolute atomic E-state index is 0.133. The van der Waals surface area contributed by atoms with Crippen LogP contribution in [0.3, 0.4) is 0 Å². The molecule has 1 aliphatic heterocycles. The molecule has 5 heteroatoms.